The number of allylic oxidation sites excluding steroid dienone is 2. The van der Waals surface area contributed by atoms with Gasteiger partial charge in [0.15, 0.2) is 0 Å². The number of carbonyl (C=O) groups is 6. The lowest BCUT2D eigenvalue weighted by molar-refractivity contribution is -0.192. The van der Waals surface area contributed by atoms with Crippen LogP contribution < -0.4 is 0 Å². The Labute approximate surface area is 299 Å². The second-order valence-corrected chi connectivity index (χ2v) is 14.8. The van der Waals surface area contributed by atoms with Crippen molar-refractivity contribution in [2.24, 2.45) is 58.2 Å². The molecule has 3 saturated carbocycles. The quantitative estimate of drug-likeness (QED) is 0.0714. The Kier molecular flexibility index (Phi) is 13.1. The molecule has 0 aromatic heterocycles. The van der Waals surface area contributed by atoms with Crippen LogP contribution in [0.2, 0.25) is 0 Å². The summed E-state index contributed by atoms with van der Waals surface area (Å²) in [6.07, 6.45) is 9.00. The molecule has 9 atom stereocenters. The van der Waals surface area contributed by atoms with Crippen molar-refractivity contribution in [3.05, 3.63) is 49.6 Å². The molecule has 0 aromatic carbocycles. The first-order valence-corrected chi connectivity index (χ1v) is 17.8. The molecule has 0 aromatic rings. The number of fused-ring (bicyclic) bond motifs is 2. The molecule has 0 spiro atoms. The van der Waals surface area contributed by atoms with Crippen LogP contribution >= 0.6 is 0 Å². The van der Waals surface area contributed by atoms with E-state index in [2.05, 4.69) is 46.6 Å². The van der Waals surface area contributed by atoms with Crippen molar-refractivity contribution in [1.82, 2.24) is 0 Å². The summed E-state index contributed by atoms with van der Waals surface area (Å²) in [7, 11) is 0. The SMILES string of the molecule is C=CC(=O)OCCOC(=O)C1C2C=C(C(C)C)C(C3CC4C(C)(CCCC4(C)C(=O)OCCOC(=O)C=C)CC23)C1C(=O)OCCOC(=O)C=C. The third kappa shape index (κ3) is 8.47. The lowest BCUT2D eigenvalue weighted by Crippen LogP contribution is -2.62. The van der Waals surface area contributed by atoms with Gasteiger partial charge < -0.3 is 28.4 Å². The Bertz CT molecular complexity index is 1430. The monoisotopic (exact) mass is 712 g/mol. The van der Waals surface area contributed by atoms with Crippen LogP contribution in [0.15, 0.2) is 49.6 Å². The van der Waals surface area contributed by atoms with Crippen LogP contribution in [0, 0.1) is 58.2 Å². The van der Waals surface area contributed by atoms with E-state index in [9.17, 15) is 28.8 Å². The van der Waals surface area contributed by atoms with E-state index in [4.69, 9.17) is 28.4 Å². The number of hydrogen-bond acceptors (Lipinski definition) is 12. The average molecular weight is 713 g/mol. The molecule has 5 aliphatic rings. The Morgan fingerprint density at radius 2 is 1.22 bits per heavy atom. The zero-order chi connectivity index (χ0) is 37.5. The summed E-state index contributed by atoms with van der Waals surface area (Å²) in [5.74, 6) is -5.84. The van der Waals surface area contributed by atoms with Crippen LogP contribution in [0.3, 0.4) is 0 Å². The third-order valence-corrected chi connectivity index (χ3v) is 11.6. The molecule has 0 heterocycles. The Hall–Kier alpha value is -4.22. The van der Waals surface area contributed by atoms with E-state index >= 15 is 0 Å². The molecule has 9 unspecified atom stereocenters. The van der Waals surface area contributed by atoms with Gasteiger partial charge in [-0.05, 0) is 73.5 Å². The molecule has 2 bridgehead atoms. The van der Waals surface area contributed by atoms with Crippen molar-refractivity contribution >= 4 is 35.8 Å². The summed E-state index contributed by atoms with van der Waals surface area (Å²) in [6, 6.07) is 0. The summed E-state index contributed by atoms with van der Waals surface area (Å²) in [6.45, 7) is 17.6. The van der Waals surface area contributed by atoms with Gasteiger partial charge in [-0.3, -0.25) is 14.4 Å². The molecule has 12 heteroatoms. The first-order valence-electron chi connectivity index (χ1n) is 17.8. The minimum atomic E-state index is -0.886. The summed E-state index contributed by atoms with van der Waals surface area (Å²) in [5, 5.41) is 0. The number of carbonyl (C=O) groups excluding carboxylic acids is 6. The smallest absolute Gasteiger partial charge is 0.330 e. The lowest BCUT2D eigenvalue weighted by Gasteiger charge is -2.64. The van der Waals surface area contributed by atoms with Crippen molar-refractivity contribution in [1.29, 1.82) is 0 Å². The van der Waals surface area contributed by atoms with Gasteiger partial charge in [0.25, 0.3) is 0 Å². The van der Waals surface area contributed by atoms with Crippen molar-refractivity contribution in [2.75, 3.05) is 39.6 Å². The van der Waals surface area contributed by atoms with Crippen molar-refractivity contribution in [3.8, 4) is 0 Å². The highest BCUT2D eigenvalue weighted by Gasteiger charge is 2.66. The molecule has 12 nitrogen and oxygen atoms in total. The average Bonchev–Trinajstić information content (AvgIpc) is 3.11. The number of ether oxygens (including phenoxy) is 6. The Balaban J connectivity index is 1.65. The highest BCUT2D eigenvalue weighted by molar-refractivity contribution is 5.85. The fraction of sp³-hybridized carbons (Fsp3) is 0.641. The summed E-state index contributed by atoms with van der Waals surface area (Å²) in [4.78, 5) is 76.5. The third-order valence-electron chi connectivity index (χ3n) is 11.6. The summed E-state index contributed by atoms with van der Waals surface area (Å²) < 4.78 is 32.1. The molecule has 3 fully saturated rings. The zero-order valence-corrected chi connectivity index (χ0v) is 30.2. The molecular weight excluding hydrogens is 660 g/mol. The molecule has 0 amide bonds. The van der Waals surface area contributed by atoms with E-state index in [0.29, 0.717) is 12.8 Å². The molecule has 51 heavy (non-hydrogen) atoms. The molecule has 0 saturated heterocycles. The summed E-state index contributed by atoms with van der Waals surface area (Å²) in [5.41, 5.74) is 0.00729. The standard InChI is InChI=1S/C39H52O12/c1-8-29(40)46-14-17-49-35(43)33-25-20-24(23(4)5)32(34(33)36(44)50-18-15-47-30(41)9-2)26-21-28-38(6,22-27(25)26)12-11-13-39(28,7)37(45)51-19-16-48-31(42)10-3/h8-10,20,23,25-28,32-34H,1-3,11-19,21-22H2,4-7H3. The molecule has 0 radical (unpaired) electrons. The van der Waals surface area contributed by atoms with Crippen molar-refractivity contribution in [2.45, 2.75) is 59.8 Å². The number of rotatable bonds is 16. The van der Waals surface area contributed by atoms with Gasteiger partial charge in [-0.2, -0.15) is 0 Å². The molecule has 5 rings (SSSR count). The second-order valence-electron chi connectivity index (χ2n) is 14.8. The highest BCUT2D eigenvalue weighted by Crippen LogP contribution is 2.68. The molecule has 280 valence electrons. The highest BCUT2D eigenvalue weighted by atomic mass is 16.6. The Morgan fingerprint density at radius 1 is 0.725 bits per heavy atom. The zero-order valence-electron chi connectivity index (χ0n) is 30.2. The number of hydrogen-bond donors (Lipinski definition) is 0. The van der Waals surface area contributed by atoms with Gasteiger partial charge in [-0.25, -0.2) is 14.4 Å². The van der Waals surface area contributed by atoms with E-state index in [0.717, 1.165) is 43.1 Å². The topological polar surface area (TPSA) is 158 Å². The van der Waals surface area contributed by atoms with Crippen LogP contribution in [0.5, 0.6) is 0 Å². The molecular formula is C39H52O12. The van der Waals surface area contributed by atoms with Gasteiger partial charge in [-0.15, -0.1) is 0 Å². The number of esters is 6. The van der Waals surface area contributed by atoms with Gasteiger partial charge in [0, 0.05) is 18.2 Å². The van der Waals surface area contributed by atoms with Crippen LogP contribution in [0.1, 0.15) is 59.8 Å². The minimum absolute atomic E-state index is 0.0316. The van der Waals surface area contributed by atoms with E-state index in [1.807, 2.05) is 6.92 Å². The molecule has 0 N–H and O–H groups in total. The fourth-order valence-corrected chi connectivity index (χ4v) is 9.55. The molecule has 0 aliphatic heterocycles. The van der Waals surface area contributed by atoms with Crippen molar-refractivity contribution in [3.63, 3.8) is 0 Å². The van der Waals surface area contributed by atoms with Gasteiger partial charge in [0.05, 0.1) is 17.3 Å². The van der Waals surface area contributed by atoms with E-state index < -0.39 is 47.1 Å². The van der Waals surface area contributed by atoms with Crippen LogP contribution in [-0.2, 0) is 57.2 Å². The Morgan fingerprint density at radius 3 is 1.73 bits per heavy atom. The van der Waals surface area contributed by atoms with E-state index in [1.54, 1.807) is 0 Å². The van der Waals surface area contributed by atoms with Gasteiger partial charge >= 0.3 is 35.8 Å². The predicted octanol–water partition coefficient (Wildman–Crippen LogP) is 4.72. The lowest BCUT2D eigenvalue weighted by atomic mass is 9.39. The van der Waals surface area contributed by atoms with E-state index in [1.165, 1.54) is 0 Å². The predicted molar refractivity (Wildman–Crippen MR) is 183 cm³/mol. The normalized spacial score (nSPS) is 31.8. The second kappa shape index (κ2) is 16.9. The van der Waals surface area contributed by atoms with Gasteiger partial charge in [-0.1, -0.05) is 58.6 Å². The maximum Gasteiger partial charge on any atom is 0.330 e. The minimum Gasteiger partial charge on any atom is -0.462 e. The first kappa shape index (κ1) is 39.6. The fourth-order valence-electron chi connectivity index (χ4n) is 9.55. The first-order chi connectivity index (χ1) is 24.2. The van der Waals surface area contributed by atoms with E-state index in [-0.39, 0.29) is 86.5 Å². The van der Waals surface area contributed by atoms with Gasteiger partial charge in [0.1, 0.15) is 39.6 Å². The van der Waals surface area contributed by atoms with Crippen LogP contribution in [-0.4, -0.2) is 75.5 Å². The van der Waals surface area contributed by atoms with Crippen molar-refractivity contribution < 1.29 is 57.2 Å². The maximum atomic E-state index is 14.1. The largest absolute Gasteiger partial charge is 0.462 e. The van der Waals surface area contributed by atoms with Gasteiger partial charge in [0.2, 0.25) is 0 Å². The maximum absolute atomic E-state index is 14.1. The van der Waals surface area contributed by atoms with Crippen LogP contribution in [0.4, 0.5) is 0 Å². The molecule has 5 aliphatic carbocycles. The van der Waals surface area contributed by atoms with Crippen LogP contribution in [0.25, 0.3) is 0 Å². The summed E-state index contributed by atoms with van der Waals surface area (Å²) >= 11 is 0.